The quantitative estimate of drug-likeness (QED) is 0.636. The van der Waals surface area contributed by atoms with Gasteiger partial charge in [0.25, 0.3) is 0 Å². The normalized spacial score (nSPS) is 17.8. The van der Waals surface area contributed by atoms with Gasteiger partial charge in [-0.05, 0) is 39.2 Å². The topological polar surface area (TPSA) is 55.1 Å². The molecule has 0 saturated heterocycles. The smallest absolute Gasteiger partial charge is 0.219 e. The van der Waals surface area contributed by atoms with Crippen LogP contribution in [0.3, 0.4) is 0 Å². The first-order chi connectivity index (χ1) is 5.49. The van der Waals surface area contributed by atoms with Crippen LogP contribution in [0.4, 0.5) is 0 Å². The summed E-state index contributed by atoms with van der Waals surface area (Å²) in [5.41, 5.74) is 4.99. The van der Waals surface area contributed by atoms with Crippen LogP contribution in [0.2, 0.25) is 0 Å². The van der Waals surface area contributed by atoms with Crippen molar-refractivity contribution in [3.8, 4) is 0 Å². The van der Waals surface area contributed by atoms with Gasteiger partial charge in [-0.15, -0.1) is 0 Å². The molecule has 3 N–H and O–H groups in total. The maximum Gasteiger partial charge on any atom is 0.219 e. The highest BCUT2D eigenvalue weighted by Crippen LogP contribution is 2.28. The summed E-state index contributed by atoms with van der Waals surface area (Å²) in [5, 5.41) is 3.35. The van der Waals surface area contributed by atoms with E-state index in [4.69, 9.17) is 5.73 Å². The Kier molecular flexibility index (Phi) is 2.73. The second-order valence-corrected chi connectivity index (χ2v) is 4.35. The minimum absolute atomic E-state index is 0.131. The van der Waals surface area contributed by atoms with Crippen LogP contribution < -0.4 is 11.1 Å². The number of hydrogen-bond donors (Lipinski definition) is 2. The third-order valence-corrected chi connectivity index (χ3v) is 2.18. The first-order valence-corrected chi connectivity index (χ1v) is 4.53. The fourth-order valence-electron chi connectivity index (χ4n) is 1.24. The molecule has 1 saturated carbocycles. The molecule has 0 atom stereocenters. The monoisotopic (exact) mass is 170 g/mol. The average Bonchev–Trinajstić information content (AvgIpc) is 2.62. The molecule has 1 aliphatic rings. The van der Waals surface area contributed by atoms with Crippen molar-refractivity contribution in [2.24, 2.45) is 11.7 Å². The molecule has 3 nitrogen and oxygen atoms in total. The van der Waals surface area contributed by atoms with E-state index >= 15 is 0 Å². The third kappa shape index (κ3) is 3.72. The van der Waals surface area contributed by atoms with Gasteiger partial charge in [0.15, 0.2) is 0 Å². The highest BCUT2D eigenvalue weighted by Gasteiger charge is 2.26. The Morgan fingerprint density at radius 1 is 1.58 bits per heavy atom. The lowest BCUT2D eigenvalue weighted by Gasteiger charge is -2.24. The summed E-state index contributed by atoms with van der Waals surface area (Å²) in [6.45, 7) is 5.06. The van der Waals surface area contributed by atoms with E-state index in [0.29, 0.717) is 6.42 Å². The van der Waals surface area contributed by atoms with Gasteiger partial charge in [0, 0.05) is 12.0 Å². The molecule has 0 bridgehead atoms. The van der Waals surface area contributed by atoms with Gasteiger partial charge >= 0.3 is 0 Å². The van der Waals surface area contributed by atoms with Gasteiger partial charge in [0.05, 0.1) is 0 Å². The van der Waals surface area contributed by atoms with Crippen LogP contribution in [0.5, 0.6) is 0 Å². The Hall–Kier alpha value is -0.570. The number of nitrogens with two attached hydrogens (primary N) is 1. The Labute approximate surface area is 73.7 Å². The molecule has 1 fully saturated rings. The predicted molar refractivity (Wildman–Crippen MR) is 48.6 cm³/mol. The predicted octanol–water partition coefficient (Wildman–Crippen LogP) is 0.640. The average molecular weight is 170 g/mol. The number of amides is 1. The van der Waals surface area contributed by atoms with Gasteiger partial charge in [-0.1, -0.05) is 0 Å². The van der Waals surface area contributed by atoms with Crippen molar-refractivity contribution >= 4 is 5.91 Å². The van der Waals surface area contributed by atoms with Gasteiger partial charge in [-0.2, -0.15) is 0 Å². The van der Waals surface area contributed by atoms with Gasteiger partial charge in [-0.3, -0.25) is 4.79 Å². The summed E-state index contributed by atoms with van der Waals surface area (Å²) < 4.78 is 0. The second kappa shape index (κ2) is 3.44. The van der Waals surface area contributed by atoms with Crippen LogP contribution >= 0.6 is 0 Å². The highest BCUT2D eigenvalue weighted by molar-refractivity contribution is 5.74. The van der Waals surface area contributed by atoms with Crippen LogP contribution in [0.1, 0.15) is 33.1 Å². The minimum Gasteiger partial charge on any atom is -0.370 e. The standard InChI is InChI=1S/C9H18N2O/c1-9(2,5-8(10)12)11-6-7-3-4-7/h7,11H,3-6H2,1-2H3,(H2,10,12). The molecule has 0 spiro atoms. The summed E-state index contributed by atoms with van der Waals surface area (Å²) in [5.74, 6) is 0.612. The zero-order chi connectivity index (χ0) is 9.19. The van der Waals surface area contributed by atoms with Crippen LogP contribution in [0.25, 0.3) is 0 Å². The number of carbonyl (C=O) groups is 1. The van der Waals surface area contributed by atoms with Crippen molar-refractivity contribution in [3.05, 3.63) is 0 Å². The molecule has 1 aliphatic carbocycles. The van der Waals surface area contributed by atoms with Crippen molar-refractivity contribution in [1.82, 2.24) is 5.32 Å². The summed E-state index contributed by atoms with van der Waals surface area (Å²) >= 11 is 0. The van der Waals surface area contributed by atoms with E-state index < -0.39 is 0 Å². The van der Waals surface area contributed by atoms with Crippen LogP contribution in [-0.4, -0.2) is 18.0 Å². The molecule has 12 heavy (non-hydrogen) atoms. The van der Waals surface area contributed by atoms with Crippen molar-refractivity contribution in [2.75, 3.05) is 6.54 Å². The largest absolute Gasteiger partial charge is 0.370 e. The Balaban J connectivity index is 2.20. The van der Waals surface area contributed by atoms with Gasteiger partial charge < -0.3 is 11.1 Å². The number of hydrogen-bond acceptors (Lipinski definition) is 2. The SMILES string of the molecule is CC(C)(CC(N)=O)NCC1CC1. The third-order valence-electron chi connectivity index (χ3n) is 2.18. The molecular formula is C9H18N2O. The molecule has 0 aliphatic heterocycles. The van der Waals surface area contributed by atoms with Crippen LogP contribution in [0.15, 0.2) is 0 Å². The first-order valence-electron chi connectivity index (χ1n) is 4.53. The van der Waals surface area contributed by atoms with Crippen molar-refractivity contribution in [1.29, 1.82) is 0 Å². The van der Waals surface area contributed by atoms with Crippen molar-refractivity contribution in [2.45, 2.75) is 38.6 Å². The molecular weight excluding hydrogens is 152 g/mol. The Bertz CT molecular complexity index is 173. The van der Waals surface area contributed by atoms with E-state index in [0.717, 1.165) is 12.5 Å². The summed E-state index contributed by atoms with van der Waals surface area (Å²) in [6.07, 6.45) is 3.08. The maximum atomic E-state index is 10.7. The van der Waals surface area contributed by atoms with E-state index in [2.05, 4.69) is 5.32 Å². The van der Waals surface area contributed by atoms with E-state index in [9.17, 15) is 4.79 Å². The van der Waals surface area contributed by atoms with Gasteiger partial charge in [-0.25, -0.2) is 0 Å². The van der Waals surface area contributed by atoms with E-state index in [-0.39, 0.29) is 11.4 Å². The van der Waals surface area contributed by atoms with Crippen molar-refractivity contribution in [3.63, 3.8) is 0 Å². The number of nitrogens with one attached hydrogen (secondary N) is 1. The second-order valence-electron chi connectivity index (χ2n) is 4.35. The number of primary amides is 1. The molecule has 70 valence electrons. The van der Waals surface area contributed by atoms with Crippen LogP contribution in [-0.2, 0) is 4.79 Å². The molecule has 1 amide bonds. The summed E-state index contributed by atoms with van der Waals surface area (Å²) in [6, 6.07) is 0. The fourth-order valence-corrected chi connectivity index (χ4v) is 1.24. The fraction of sp³-hybridized carbons (Fsp3) is 0.889. The minimum atomic E-state index is -0.233. The van der Waals surface area contributed by atoms with E-state index in [1.54, 1.807) is 0 Å². The summed E-state index contributed by atoms with van der Waals surface area (Å²) in [4.78, 5) is 10.7. The molecule has 0 aromatic rings. The number of carbonyl (C=O) groups excluding carboxylic acids is 1. The van der Waals surface area contributed by atoms with E-state index in [1.165, 1.54) is 12.8 Å². The van der Waals surface area contributed by atoms with Crippen molar-refractivity contribution < 1.29 is 4.79 Å². The Morgan fingerprint density at radius 2 is 2.17 bits per heavy atom. The maximum absolute atomic E-state index is 10.7. The molecule has 1 rings (SSSR count). The summed E-state index contributed by atoms with van der Waals surface area (Å²) in [7, 11) is 0. The lowest BCUT2D eigenvalue weighted by Crippen LogP contribution is -2.43. The highest BCUT2D eigenvalue weighted by atomic mass is 16.1. The van der Waals surface area contributed by atoms with Gasteiger partial charge in [0.1, 0.15) is 0 Å². The van der Waals surface area contributed by atoms with Crippen LogP contribution in [0, 0.1) is 5.92 Å². The lowest BCUT2D eigenvalue weighted by atomic mass is 10.0. The molecule has 0 radical (unpaired) electrons. The first kappa shape index (κ1) is 9.52. The lowest BCUT2D eigenvalue weighted by molar-refractivity contribution is -0.119. The zero-order valence-corrected chi connectivity index (χ0v) is 7.89. The molecule has 0 unspecified atom stereocenters. The molecule has 0 aromatic carbocycles. The molecule has 0 heterocycles. The molecule has 0 aromatic heterocycles. The number of rotatable bonds is 5. The van der Waals surface area contributed by atoms with E-state index in [1.807, 2.05) is 13.8 Å². The Morgan fingerprint density at radius 3 is 2.58 bits per heavy atom. The molecule has 3 heteroatoms. The van der Waals surface area contributed by atoms with Gasteiger partial charge in [0.2, 0.25) is 5.91 Å². The zero-order valence-electron chi connectivity index (χ0n) is 7.89.